The maximum Gasteiger partial charge on any atom is 0.310 e. The molecule has 3 rings (SSSR count). The van der Waals surface area contributed by atoms with E-state index in [0.29, 0.717) is 13.2 Å². The summed E-state index contributed by atoms with van der Waals surface area (Å²) in [6.07, 6.45) is 1.82. The van der Waals surface area contributed by atoms with E-state index in [1.807, 2.05) is 43.3 Å². The van der Waals surface area contributed by atoms with E-state index in [1.165, 1.54) is 11.8 Å². The van der Waals surface area contributed by atoms with Crippen LogP contribution < -0.4 is 9.64 Å². The molecule has 2 aromatic rings. The van der Waals surface area contributed by atoms with Gasteiger partial charge in [0.15, 0.2) is 5.82 Å². The highest BCUT2D eigenvalue weighted by atomic mass is 32.2. The molecule has 7 heteroatoms. The molecule has 1 atom stereocenters. The molecule has 0 amide bonds. The van der Waals surface area contributed by atoms with Crippen LogP contribution in [0.15, 0.2) is 46.3 Å². The van der Waals surface area contributed by atoms with E-state index >= 15 is 0 Å². The van der Waals surface area contributed by atoms with Crippen molar-refractivity contribution in [1.82, 2.24) is 10.2 Å². The van der Waals surface area contributed by atoms with Gasteiger partial charge < -0.3 is 14.4 Å². The van der Waals surface area contributed by atoms with Gasteiger partial charge in [-0.3, -0.25) is 4.79 Å². The fraction of sp³-hybridized carbons (Fsp3) is 0.421. The van der Waals surface area contributed by atoms with E-state index in [-0.39, 0.29) is 11.9 Å². The molecule has 2 heterocycles. The summed E-state index contributed by atoms with van der Waals surface area (Å²) in [5.41, 5.74) is 0. The SMILES string of the molecule is CCOC(=O)C1CCCN(c2ccc(Sc3cccc(OC)c3)nn2)C1. The fourth-order valence-electron chi connectivity index (χ4n) is 2.96. The van der Waals surface area contributed by atoms with Gasteiger partial charge in [0, 0.05) is 18.0 Å². The number of hydrogen-bond donors (Lipinski definition) is 0. The average molecular weight is 373 g/mol. The number of methoxy groups -OCH3 is 1. The minimum absolute atomic E-state index is 0.0867. The lowest BCUT2D eigenvalue weighted by molar-refractivity contribution is -0.148. The van der Waals surface area contributed by atoms with E-state index in [2.05, 4.69) is 15.1 Å². The van der Waals surface area contributed by atoms with E-state index in [0.717, 1.165) is 40.9 Å². The zero-order valence-electron chi connectivity index (χ0n) is 15.1. The van der Waals surface area contributed by atoms with Crippen LogP contribution in [0.1, 0.15) is 19.8 Å². The molecule has 1 aliphatic rings. The number of carbonyl (C=O) groups excluding carboxylic acids is 1. The topological polar surface area (TPSA) is 64.5 Å². The van der Waals surface area contributed by atoms with Crippen molar-refractivity contribution in [3.8, 4) is 5.75 Å². The number of carbonyl (C=O) groups is 1. The summed E-state index contributed by atoms with van der Waals surface area (Å²) in [6, 6.07) is 11.8. The number of anilines is 1. The number of piperidine rings is 1. The molecule has 0 aliphatic carbocycles. The third kappa shape index (κ3) is 4.66. The van der Waals surface area contributed by atoms with E-state index in [1.54, 1.807) is 7.11 Å². The van der Waals surface area contributed by atoms with Crippen LogP contribution in [0.25, 0.3) is 0 Å². The second-order valence-electron chi connectivity index (χ2n) is 6.05. The van der Waals surface area contributed by atoms with Gasteiger partial charge in [0.05, 0.1) is 19.6 Å². The van der Waals surface area contributed by atoms with Gasteiger partial charge in [-0.2, -0.15) is 0 Å². The predicted octanol–water partition coefficient (Wildman–Crippen LogP) is 3.42. The average Bonchev–Trinajstić information content (AvgIpc) is 2.69. The summed E-state index contributed by atoms with van der Waals surface area (Å²) in [4.78, 5) is 15.1. The lowest BCUT2D eigenvalue weighted by Gasteiger charge is -2.32. The molecule has 1 saturated heterocycles. The Kier molecular flexibility index (Phi) is 6.33. The highest BCUT2D eigenvalue weighted by Crippen LogP contribution is 2.29. The van der Waals surface area contributed by atoms with Crippen molar-refractivity contribution in [1.29, 1.82) is 0 Å². The maximum absolute atomic E-state index is 12.0. The lowest BCUT2D eigenvalue weighted by atomic mass is 9.98. The molecule has 1 unspecified atom stereocenters. The van der Waals surface area contributed by atoms with Gasteiger partial charge in [-0.1, -0.05) is 17.8 Å². The molecular formula is C19H23N3O3S. The molecule has 0 radical (unpaired) electrons. The smallest absolute Gasteiger partial charge is 0.310 e. The Bertz CT molecular complexity index is 739. The van der Waals surface area contributed by atoms with Crippen LogP contribution in [-0.2, 0) is 9.53 Å². The van der Waals surface area contributed by atoms with Gasteiger partial charge in [-0.15, -0.1) is 10.2 Å². The quantitative estimate of drug-likeness (QED) is 0.719. The van der Waals surface area contributed by atoms with E-state index in [4.69, 9.17) is 9.47 Å². The van der Waals surface area contributed by atoms with Crippen molar-refractivity contribution in [3.05, 3.63) is 36.4 Å². The normalized spacial score (nSPS) is 17.0. The van der Waals surface area contributed by atoms with Crippen molar-refractivity contribution in [2.45, 2.75) is 29.7 Å². The molecule has 0 spiro atoms. The van der Waals surface area contributed by atoms with Crippen LogP contribution >= 0.6 is 11.8 Å². The second-order valence-corrected chi connectivity index (χ2v) is 7.14. The van der Waals surface area contributed by atoms with E-state index < -0.39 is 0 Å². The molecule has 1 aliphatic heterocycles. The Morgan fingerprint density at radius 2 is 2.19 bits per heavy atom. The Balaban J connectivity index is 1.64. The molecule has 1 aromatic carbocycles. The van der Waals surface area contributed by atoms with Crippen LogP contribution in [0.3, 0.4) is 0 Å². The number of aromatic nitrogens is 2. The summed E-state index contributed by atoms with van der Waals surface area (Å²) < 4.78 is 10.4. The number of nitrogens with zero attached hydrogens (tertiary/aromatic N) is 3. The Morgan fingerprint density at radius 1 is 1.31 bits per heavy atom. The molecule has 0 saturated carbocycles. The Morgan fingerprint density at radius 3 is 2.92 bits per heavy atom. The highest BCUT2D eigenvalue weighted by Gasteiger charge is 2.27. The minimum atomic E-state index is -0.115. The highest BCUT2D eigenvalue weighted by molar-refractivity contribution is 7.99. The van der Waals surface area contributed by atoms with Gasteiger partial charge in [-0.05, 0) is 50.1 Å². The first-order valence-corrected chi connectivity index (χ1v) is 9.58. The van der Waals surface area contributed by atoms with Crippen molar-refractivity contribution in [3.63, 3.8) is 0 Å². The van der Waals surface area contributed by atoms with Crippen molar-refractivity contribution < 1.29 is 14.3 Å². The van der Waals surface area contributed by atoms with Crippen molar-refractivity contribution in [2.75, 3.05) is 31.7 Å². The maximum atomic E-state index is 12.0. The number of benzene rings is 1. The van der Waals surface area contributed by atoms with Gasteiger partial charge in [0.1, 0.15) is 10.8 Å². The summed E-state index contributed by atoms with van der Waals surface area (Å²) in [7, 11) is 1.65. The fourth-order valence-corrected chi connectivity index (χ4v) is 3.74. The molecule has 1 aromatic heterocycles. The predicted molar refractivity (Wildman–Crippen MR) is 101 cm³/mol. The van der Waals surface area contributed by atoms with Gasteiger partial charge in [0.25, 0.3) is 0 Å². The molecule has 1 fully saturated rings. The molecule has 26 heavy (non-hydrogen) atoms. The zero-order chi connectivity index (χ0) is 18.4. The number of ether oxygens (including phenoxy) is 2. The Hall–Kier alpha value is -2.28. The number of esters is 1. The molecular weight excluding hydrogens is 350 g/mol. The zero-order valence-corrected chi connectivity index (χ0v) is 15.9. The summed E-state index contributed by atoms with van der Waals surface area (Å²) in [5.74, 6) is 1.42. The van der Waals surface area contributed by atoms with Crippen LogP contribution in [0.4, 0.5) is 5.82 Å². The summed E-state index contributed by atoms with van der Waals surface area (Å²) in [6.45, 7) is 3.77. The second kappa shape index (κ2) is 8.89. The van der Waals surface area contributed by atoms with Gasteiger partial charge in [0.2, 0.25) is 0 Å². The van der Waals surface area contributed by atoms with Crippen LogP contribution in [-0.4, -0.2) is 43.0 Å². The van der Waals surface area contributed by atoms with Gasteiger partial charge >= 0.3 is 5.97 Å². The monoisotopic (exact) mass is 373 g/mol. The Labute approximate surface area is 157 Å². The molecule has 6 nitrogen and oxygen atoms in total. The number of hydrogen-bond acceptors (Lipinski definition) is 7. The first kappa shape index (κ1) is 18.5. The first-order valence-electron chi connectivity index (χ1n) is 8.77. The van der Waals surface area contributed by atoms with Crippen molar-refractivity contribution in [2.24, 2.45) is 5.92 Å². The summed E-state index contributed by atoms with van der Waals surface area (Å²) >= 11 is 1.54. The van der Waals surface area contributed by atoms with Crippen LogP contribution in [0, 0.1) is 5.92 Å². The van der Waals surface area contributed by atoms with Gasteiger partial charge in [-0.25, -0.2) is 0 Å². The molecule has 138 valence electrons. The number of rotatable bonds is 6. The van der Waals surface area contributed by atoms with E-state index in [9.17, 15) is 4.79 Å². The molecule has 0 bridgehead atoms. The van der Waals surface area contributed by atoms with Crippen LogP contribution in [0.5, 0.6) is 5.75 Å². The lowest BCUT2D eigenvalue weighted by Crippen LogP contribution is -2.39. The third-order valence-corrected chi connectivity index (χ3v) is 5.17. The third-order valence-electron chi connectivity index (χ3n) is 4.25. The minimum Gasteiger partial charge on any atom is -0.497 e. The largest absolute Gasteiger partial charge is 0.497 e. The van der Waals surface area contributed by atoms with Crippen LogP contribution in [0.2, 0.25) is 0 Å². The molecule has 0 N–H and O–H groups in total. The van der Waals surface area contributed by atoms with Crippen molar-refractivity contribution >= 4 is 23.5 Å². The first-order chi connectivity index (χ1) is 12.7. The summed E-state index contributed by atoms with van der Waals surface area (Å²) in [5, 5.41) is 9.50. The standard InChI is InChI=1S/C19H23N3O3S/c1-3-25-19(23)14-6-5-11-22(13-14)17-9-10-18(21-20-17)26-16-8-4-7-15(12-16)24-2/h4,7-10,12,14H,3,5-6,11,13H2,1-2H3.